The molecule has 0 bridgehead atoms. The standard InChI is InChI=1S/C18H19BrN6O3S2/c1-5-8-25-15(11-6-7-12(19)28-11)22-23-18(25)29-9-13(26)21-17-20-10(2)14(30-17)16(27)24(3)4/h5-7H,1,8-9H2,2-4H3,(H,20,21,26). The van der Waals surface area contributed by atoms with Gasteiger partial charge in [-0.2, -0.15) is 0 Å². The molecule has 158 valence electrons. The molecule has 0 spiro atoms. The topological polar surface area (TPSA) is 106 Å². The molecule has 3 heterocycles. The van der Waals surface area contributed by atoms with Crippen molar-refractivity contribution < 1.29 is 14.0 Å². The van der Waals surface area contributed by atoms with E-state index in [1.54, 1.807) is 39.2 Å². The second kappa shape index (κ2) is 9.58. The van der Waals surface area contributed by atoms with Crippen LogP contribution in [0.5, 0.6) is 0 Å². The number of hydrogen-bond acceptors (Lipinski definition) is 8. The van der Waals surface area contributed by atoms with Crippen LogP contribution in [0.2, 0.25) is 0 Å². The third-order valence-electron chi connectivity index (χ3n) is 3.80. The number of amides is 2. The maximum Gasteiger partial charge on any atom is 0.265 e. The number of thioether (sulfide) groups is 1. The second-order valence-corrected chi connectivity index (χ2v) is 9.00. The molecule has 3 aromatic heterocycles. The number of nitrogens with one attached hydrogen (secondary N) is 1. The lowest BCUT2D eigenvalue weighted by Gasteiger charge is -2.07. The van der Waals surface area contributed by atoms with Crippen molar-refractivity contribution in [2.24, 2.45) is 0 Å². The Morgan fingerprint density at radius 1 is 1.40 bits per heavy atom. The fraction of sp³-hybridized carbons (Fsp3) is 0.278. The Kier molecular flexibility index (Phi) is 7.10. The van der Waals surface area contributed by atoms with Crippen molar-refractivity contribution in [2.45, 2.75) is 18.6 Å². The first-order chi connectivity index (χ1) is 14.3. The molecule has 1 N–H and O–H groups in total. The number of carbonyl (C=O) groups excluding carboxylic acids is 2. The van der Waals surface area contributed by atoms with Crippen LogP contribution in [0.25, 0.3) is 11.6 Å². The van der Waals surface area contributed by atoms with Crippen molar-refractivity contribution in [3.63, 3.8) is 0 Å². The third-order valence-corrected chi connectivity index (χ3v) is 6.25. The SMILES string of the molecule is C=CCn1c(SCC(=O)Nc2nc(C)c(C(=O)N(C)C)s2)nnc1-c1ccc(Br)o1. The quantitative estimate of drug-likeness (QED) is 0.363. The molecule has 9 nitrogen and oxygen atoms in total. The number of aryl methyl sites for hydroxylation is 1. The zero-order valence-electron chi connectivity index (χ0n) is 16.5. The lowest BCUT2D eigenvalue weighted by molar-refractivity contribution is -0.113. The molecule has 0 radical (unpaired) electrons. The zero-order chi connectivity index (χ0) is 21.8. The Morgan fingerprint density at radius 3 is 2.80 bits per heavy atom. The van der Waals surface area contributed by atoms with Crippen LogP contribution in [0.1, 0.15) is 15.4 Å². The number of allylic oxidation sites excluding steroid dienone is 1. The molecule has 0 aromatic carbocycles. The van der Waals surface area contributed by atoms with E-state index in [1.165, 1.54) is 16.7 Å². The van der Waals surface area contributed by atoms with Gasteiger partial charge in [-0.25, -0.2) is 4.98 Å². The van der Waals surface area contributed by atoms with E-state index in [2.05, 4.69) is 43.0 Å². The average Bonchev–Trinajstić information content (AvgIpc) is 3.38. The number of aromatic nitrogens is 4. The van der Waals surface area contributed by atoms with E-state index >= 15 is 0 Å². The number of furan rings is 1. The second-order valence-electron chi connectivity index (χ2n) is 6.28. The molecular formula is C18H19BrN6O3S2. The van der Waals surface area contributed by atoms with Crippen molar-refractivity contribution in [1.29, 1.82) is 0 Å². The molecule has 12 heteroatoms. The number of thiazole rings is 1. The number of rotatable bonds is 8. The molecular weight excluding hydrogens is 492 g/mol. The Morgan fingerprint density at radius 2 is 2.17 bits per heavy atom. The Hall–Kier alpha value is -2.44. The summed E-state index contributed by atoms with van der Waals surface area (Å²) < 4.78 is 7.96. The summed E-state index contributed by atoms with van der Waals surface area (Å²) in [5.74, 6) is 0.810. The molecule has 3 aromatic rings. The normalized spacial score (nSPS) is 10.8. The van der Waals surface area contributed by atoms with Gasteiger partial charge in [-0.3, -0.25) is 14.2 Å². The van der Waals surface area contributed by atoms with Gasteiger partial charge in [-0.1, -0.05) is 29.2 Å². The molecule has 0 unspecified atom stereocenters. The van der Waals surface area contributed by atoms with Crippen molar-refractivity contribution >= 4 is 56.0 Å². The summed E-state index contributed by atoms with van der Waals surface area (Å²) in [6, 6.07) is 3.56. The van der Waals surface area contributed by atoms with E-state index in [4.69, 9.17) is 4.42 Å². The maximum absolute atomic E-state index is 12.4. The van der Waals surface area contributed by atoms with E-state index in [0.717, 1.165) is 11.3 Å². The van der Waals surface area contributed by atoms with Crippen molar-refractivity contribution in [2.75, 3.05) is 25.2 Å². The third kappa shape index (κ3) is 4.99. The van der Waals surface area contributed by atoms with E-state index in [0.29, 0.717) is 43.7 Å². The first-order valence-electron chi connectivity index (χ1n) is 8.71. The minimum atomic E-state index is -0.256. The minimum Gasteiger partial charge on any atom is -0.446 e. The largest absolute Gasteiger partial charge is 0.446 e. The van der Waals surface area contributed by atoms with Gasteiger partial charge < -0.3 is 14.6 Å². The number of anilines is 1. The molecule has 0 aliphatic carbocycles. The van der Waals surface area contributed by atoms with Gasteiger partial charge in [0.15, 0.2) is 20.7 Å². The van der Waals surface area contributed by atoms with E-state index < -0.39 is 0 Å². The lowest BCUT2D eigenvalue weighted by Crippen LogP contribution is -2.21. The van der Waals surface area contributed by atoms with Gasteiger partial charge in [-0.15, -0.1) is 16.8 Å². The van der Waals surface area contributed by atoms with Crippen molar-refractivity contribution in [1.82, 2.24) is 24.6 Å². The first kappa shape index (κ1) is 22.2. The van der Waals surface area contributed by atoms with Crippen LogP contribution >= 0.6 is 39.0 Å². The van der Waals surface area contributed by atoms with Crippen molar-refractivity contribution in [3.8, 4) is 11.6 Å². The van der Waals surface area contributed by atoms with Gasteiger partial charge in [0.1, 0.15) is 4.88 Å². The summed E-state index contributed by atoms with van der Waals surface area (Å²) in [6.07, 6.45) is 1.72. The molecule has 30 heavy (non-hydrogen) atoms. The highest BCUT2D eigenvalue weighted by Gasteiger charge is 2.20. The molecule has 2 amide bonds. The number of carbonyl (C=O) groups is 2. The highest BCUT2D eigenvalue weighted by molar-refractivity contribution is 9.10. The average molecular weight is 511 g/mol. The van der Waals surface area contributed by atoms with Crippen LogP contribution in [-0.2, 0) is 11.3 Å². The van der Waals surface area contributed by atoms with Gasteiger partial charge in [-0.05, 0) is 35.0 Å². The number of hydrogen-bond donors (Lipinski definition) is 1. The molecule has 0 aliphatic heterocycles. The summed E-state index contributed by atoms with van der Waals surface area (Å²) >= 11 is 5.66. The first-order valence-corrected chi connectivity index (χ1v) is 11.3. The highest BCUT2D eigenvalue weighted by Crippen LogP contribution is 2.28. The molecule has 0 saturated heterocycles. The van der Waals surface area contributed by atoms with Gasteiger partial charge in [0.05, 0.1) is 11.4 Å². The van der Waals surface area contributed by atoms with E-state index in [-0.39, 0.29) is 17.6 Å². The summed E-state index contributed by atoms with van der Waals surface area (Å²) in [7, 11) is 3.34. The molecule has 0 fully saturated rings. The monoisotopic (exact) mass is 510 g/mol. The Labute approximate surface area is 189 Å². The summed E-state index contributed by atoms with van der Waals surface area (Å²) in [5, 5.41) is 12.0. The lowest BCUT2D eigenvalue weighted by atomic mass is 10.3. The fourth-order valence-corrected chi connectivity index (χ4v) is 4.50. The summed E-state index contributed by atoms with van der Waals surface area (Å²) in [6.45, 7) is 5.97. The maximum atomic E-state index is 12.4. The van der Waals surface area contributed by atoms with Crippen molar-refractivity contribution in [3.05, 3.63) is 40.0 Å². The van der Waals surface area contributed by atoms with Crippen LogP contribution in [0.15, 0.2) is 39.0 Å². The van der Waals surface area contributed by atoms with Crippen LogP contribution in [0, 0.1) is 6.92 Å². The highest BCUT2D eigenvalue weighted by atomic mass is 79.9. The molecule has 3 rings (SSSR count). The fourth-order valence-electron chi connectivity index (χ4n) is 2.44. The Bertz CT molecular complexity index is 1090. The van der Waals surface area contributed by atoms with Gasteiger partial charge in [0.25, 0.3) is 5.91 Å². The minimum absolute atomic E-state index is 0.104. The van der Waals surface area contributed by atoms with Gasteiger partial charge in [0, 0.05) is 20.6 Å². The zero-order valence-corrected chi connectivity index (χ0v) is 19.7. The summed E-state index contributed by atoms with van der Waals surface area (Å²) in [4.78, 5) is 30.8. The van der Waals surface area contributed by atoms with Gasteiger partial charge >= 0.3 is 0 Å². The number of nitrogens with zero attached hydrogens (tertiary/aromatic N) is 5. The number of halogens is 1. The van der Waals surface area contributed by atoms with E-state index in [9.17, 15) is 9.59 Å². The Balaban J connectivity index is 1.68. The molecule has 0 atom stereocenters. The molecule has 0 saturated carbocycles. The smallest absolute Gasteiger partial charge is 0.265 e. The van der Waals surface area contributed by atoms with Crippen LogP contribution in [-0.4, -0.2) is 56.3 Å². The predicted octanol–water partition coefficient (Wildman–Crippen LogP) is 3.68. The summed E-state index contributed by atoms with van der Waals surface area (Å²) in [5.41, 5.74) is 0.585. The molecule has 0 aliphatic rings. The van der Waals surface area contributed by atoms with Gasteiger partial charge in [0.2, 0.25) is 11.7 Å². The van der Waals surface area contributed by atoms with Crippen LogP contribution < -0.4 is 5.32 Å². The van der Waals surface area contributed by atoms with Crippen LogP contribution in [0.4, 0.5) is 5.13 Å². The van der Waals surface area contributed by atoms with E-state index in [1.807, 2.05) is 4.57 Å². The predicted molar refractivity (Wildman–Crippen MR) is 120 cm³/mol. The van der Waals surface area contributed by atoms with Crippen LogP contribution in [0.3, 0.4) is 0 Å².